The molecular formula is C9H13N2OPb. The van der Waals surface area contributed by atoms with E-state index in [1.807, 2.05) is 9.76 Å². The summed E-state index contributed by atoms with van der Waals surface area (Å²) in [5.41, 5.74) is 0.509. The zero-order valence-corrected chi connectivity index (χ0v) is 12.0. The number of likely N-dealkylation sites (N-methyl/N-ethyl adjacent to an activating group) is 2. The Morgan fingerprint density at radius 2 is 2.23 bits per heavy atom. The molecule has 0 aromatic heterocycles. The Hall–Kier alpha value is -0.348. The minimum absolute atomic E-state index is 0.142. The SMILES string of the molecule is C=C(C(=O)NC)C(C#CC)[N](C)[Pb]. The van der Waals surface area contributed by atoms with Crippen molar-refractivity contribution in [3.63, 3.8) is 0 Å². The summed E-state index contributed by atoms with van der Waals surface area (Å²) >= 11 is 0.853. The van der Waals surface area contributed by atoms with Crippen LogP contribution in [-0.2, 0) is 4.79 Å². The van der Waals surface area contributed by atoms with Crippen LogP contribution in [0.15, 0.2) is 12.2 Å². The van der Waals surface area contributed by atoms with Gasteiger partial charge in [-0.2, -0.15) is 0 Å². The van der Waals surface area contributed by atoms with Crippen molar-refractivity contribution in [3.05, 3.63) is 12.2 Å². The number of hydrogen-bond acceptors (Lipinski definition) is 2. The molecule has 0 aromatic carbocycles. The summed E-state index contributed by atoms with van der Waals surface area (Å²) in [7, 11) is 3.52. The molecule has 0 spiro atoms. The molecule has 0 aliphatic carbocycles. The van der Waals surface area contributed by atoms with Crippen LogP contribution in [-0.4, -0.2) is 54.8 Å². The molecule has 0 fully saturated rings. The quantitative estimate of drug-likeness (QED) is 0.419. The summed E-state index contributed by atoms with van der Waals surface area (Å²) in [5, 5.41) is 2.54. The van der Waals surface area contributed by atoms with Crippen molar-refractivity contribution in [2.24, 2.45) is 0 Å². The fourth-order valence-electron chi connectivity index (χ4n) is 0.839. The van der Waals surface area contributed by atoms with Gasteiger partial charge in [0.25, 0.3) is 0 Å². The van der Waals surface area contributed by atoms with Gasteiger partial charge < -0.3 is 0 Å². The van der Waals surface area contributed by atoms with E-state index in [2.05, 4.69) is 23.7 Å². The van der Waals surface area contributed by atoms with Gasteiger partial charge in [0.2, 0.25) is 0 Å². The van der Waals surface area contributed by atoms with Gasteiger partial charge in [0.1, 0.15) is 0 Å². The molecule has 0 rings (SSSR count). The Morgan fingerprint density at radius 1 is 1.69 bits per heavy atom. The molecule has 0 aromatic rings. The van der Waals surface area contributed by atoms with Crippen LogP contribution in [0.5, 0.6) is 0 Å². The van der Waals surface area contributed by atoms with Gasteiger partial charge >= 0.3 is 95.8 Å². The van der Waals surface area contributed by atoms with Gasteiger partial charge in [-0.25, -0.2) is 0 Å². The van der Waals surface area contributed by atoms with E-state index in [9.17, 15) is 4.79 Å². The Bertz CT molecular complexity index is 263. The number of rotatable bonds is 3. The topological polar surface area (TPSA) is 32.3 Å². The second-order valence-electron chi connectivity index (χ2n) is 2.51. The third-order valence-electron chi connectivity index (χ3n) is 1.52. The van der Waals surface area contributed by atoms with Crippen molar-refractivity contribution in [2.75, 3.05) is 14.1 Å². The molecule has 1 atom stereocenters. The normalized spacial score (nSPS) is 11.5. The maximum absolute atomic E-state index is 11.2. The van der Waals surface area contributed by atoms with E-state index in [1.54, 1.807) is 14.0 Å². The average molecular weight is 372 g/mol. The Morgan fingerprint density at radius 3 is 2.54 bits per heavy atom. The van der Waals surface area contributed by atoms with Crippen molar-refractivity contribution < 1.29 is 4.79 Å². The van der Waals surface area contributed by atoms with Gasteiger partial charge in [0.05, 0.1) is 0 Å². The van der Waals surface area contributed by atoms with Gasteiger partial charge in [-0.3, -0.25) is 0 Å². The molecule has 0 heterocycles. The fraction of sp³-hybridized carbons (Fsp3) is 0.444. The molecule has 69 valence electrons. The van der Waals surface area contributed by atoms with E-state index in [0.29, 0.717) is 5.57 Å². The van der Waals surface area contributed by atoms with Crippen molar-refractivity contribution in [3.8, 4) is 11.8 Å². The van der Waals surface area contributed by atoms with Gasteiger partial charge in [-0.1, -0.05) is 0 Å². The van der Waals surface area contributed by atoms with E-state index >= 15 is 0 Å². The number of carbonyl (C=O) groups is 1. The number of nitrogens with one attached hydrogen (secondary N) is 1. The first-order valence-corrected chi connectivity index (χ1v) is 5.55. The average Bonchev–Trinajstić information content (AvgIpc) is 2.11. The van der Waals surface area contributed by atoms with Crippen LogP contribution < -0.4 is 5.32 Å². The third-order valence-corrected chi connectivity index (χ3v) is 2.52. The molecule has 0 aliphatic heterocycles. The molecule has 0 aliphatic rings. The van der Waals surface area contributed by atoms with Gasteiger partial charge in [0, 0.05) is 0 Å². The first-order valence-electron chi connectivity index (χ1n) is 3.81. The molecule has 0 saturated heterocycles. The summed E-state index contributed by atoms with van der Waals surface area (Å²) in [6.07, 6.45) is 0. The number of hydrogen-bond donors (Lipinski definition) is 1. The van der Waals surface area contributed by atoms with Crippen LogP contribution in [0.2, 0.25) is 0 Å². The number of nitrogens with zero attached hydrogens (tertiary/aromatic N) is 1. The fourth-order valence-corrected chi connectivity index (χ4v) is 1.70. The molecular weight excluding hydrogens is 359 g/mol. The molecule has 3 radical (unpaired) electrons. The van der Waals surface area contributed by atoms with Crippen molar-refractivity contribution in [1.82, 2.24) is 8.03 Å². The molecule has 1 N–H and O–H groups in total. The van der Waals surface area contributed by atoms with E-state index < -0.39 is 0 Å². The molecule has 3 nitrogen and oxygen atoms in total. The van der Waals surface area contributed by atoms with Crippen LogP contribution in [0.4, 0.5) is 0 Å². The third kappa shape index (κ3) is 3.91. The second kappa shape index (κ2) is 6.16. The molecule has 1 amide bonds. The van der Waals surface area contributed by atoms with Crippen molar-refractivity contribution >= 4 is 32.0 Å². The Balaban J connectivity index is 4.62. The molecule has 4 heteroatoms. The standard InChI is InChI=1S/C9H13N2O.Pb/c1-5-6-8(10-3)7(2)9(12)11-4;/h8H,2H2,1,3-4H3,(H,11,12);/q-1;+1. The predicted molar refractivity (Wildman–Crippen MR) is 54.0 cm³/mol. The Kier molecular flexibility index (Phi) is 5.99. The van der Waals surface area contributed by atoms with Crippen LogP contribution in [0.1, 0.15) is 6.92 Å². The molecule has 1 unspecified atom stereocenters. The van der Waals surface area contributed by atoms with E-state index in [4.69, 9.17) is 0 Å². The number of carbonyl (C=O) groups excluding carboxylic acids is 1. The summed E-state index contributed by atoms with van der Waals surface area (Å²) in [6, 6.07) is -0.142. The minimum atomic E-state index is -0.143. The first-order chi connectivity index (χ1) is 6.04. The van der Waals surface area contributed by atoms with Crippen LogP contribution >= 0.6 is 0 Å². The zero-order chi connectivity index (χ0) is 10.4. The monoisotopic (exact) mass is 373 g/mol. The van der Waals surface area contributed by atoms with Crippen LogP contribution in [0, 0.1) is 11.8 Å². The van der Waals surface area contributed by atoms with Gasteiger partial charge in [-0.15, -0.1) is 0 Å². The first kappa shape index (κ1) is 12.7. The summed E-state index contributed by atoms with van der Waals surface area (Å²) in [5.74, 6) is 5.60. The van der Waals surface area contributed by atoms with E-state index in [-0.39, 0.29) is 11.9 Å². The summed E-state index contributed by atoms with van der Waals surface area (Å²) < 4.78 is 1.99. The van der Waals surface area contributed by atoms with E-state index in [1.165, 1.54) is 0 Å². The van der Waals surface area contributed by atoms with Crippen molar-refractivity contribution in [1.29, 1.82) is 0 Å². The van der Waals surface area contributed by atoms with Crippen LogP contribution in [0.3, 0.4) is 0 Å². The Labute approximate surface area is 95.7 Å². The summed E-state index contributed by atoms with van der Waals surface area (Å²) in [6.45, 7) is 5.49. The molecule has 13 heavy (non-hydrogen) atoms. The van der Waals surface area contributed by atoms with Crippen LogP contribution in [0.25, 0.3) is 0 Å². The van der Waals surface area contributed by atoms with E-state index in [0.717, 1.165) is 26.1 Å². The summed E-state index contributed by atoms with van der Waals surface area (Å²) in [4.78, 5) is 11.2. The maximum atomic E-state index is 11.2. The van der Waals surface area contributed by atoms with Crippen molar-refractivity contribution in [2.45, 2.75) is 13.0 Å². The van der Waals surface area contributed by atoms with Gasteiger partial charge in [0.15, 0.2) is 0 Å². The molecule has 0 saturated carbocycles. The zero-order valence-electron chi connectivity index (χ0n) is 8.14. The predicted octanol–water partition coefficient (Wildman–Crippen LogP) is -0.304. The molecule has 0 bridgehead atoms. The van der Waals surface area contributed by atoms with Gasteiger partial charge in [-0.05, 0) is 0 Å². The second-order valence-corrected chi connectivity index (χ2v) is 5.25. The number of amides is 1.